The van der Waals surface area contributed by atoms with Gasteiger partial charge in [0.1, 0.15) is 5.82 Å². The summed E-state index contributed by atoms with van der Waals surface area (Å²) < 4.78 is 14.9. The Kier molecular flexibility index (Phi) is 7.10. The van der Waals surface area contributed by atoms with Gasteiger partial charge in [-0.2, -0.15) is 0 Å². The highest BCUT2D eigenvalue weighted by atomic mass is 19.1. The van der Waals surface area contributed by atoms with Gasteiger partial charge in [0.25, 0.3) is 0 Å². The van der Waals surface area contributed by atoms with Crippen LogP contribution in [0, 0.1) is 5.82 Å². The van der Waals surface area contributed by atoms with E-state index in [1.165, 1.54) is 6.07 Å². The molecule has 2 aromatic carbocycles. The first kappa shape index (κ1) is 22.6. The maximum absolute atomic E-state index is 14.9. The molecule has 0 unspecified atom stereocenters. The highest BCUT2D eigenvalue weighted by Crippen LogP contribution is 2.26. The number of rotatable bonds is 6. The third kappa shape index (κ3) is 5.26. The first-order valence-corrected chi connectivity index (χ1v) is 11.2. The molecule has 1 saturated heterocycles. The predicted octanol–water partition coefficient (Wildman–Crippen LogP) is 4.64. The zero-order valence-corrected chi connectivity index (χ0v) is 18.4. The molecule has 0 radical (unpaired) electrons. The summed E-state index contributed by atoms with van der Waals surface area (Å²) >= 11 is 0. The summed E-state index contributed by atoms with van der Waals surface area (Å²) in [7, 11) is 0. The van der Waals surface area contributed by atoms with Gasteiger partial charge in [-0.25, -0.2) is 9.18 Å². The summed E-state index contributed by atoms with van der Waals surface area (Å²) in [6.45, 7) is 1.26. The van der Waals surface area contributed by atoms with Gasteiger partial charge in [-0.3, -0.25) is 14.7 Å². The molecule has 1 aliphatic rings. The topological polar surface area (TPSA) is 79.5 Å². The van der Waals surface area contributed by atoms with Gasteiger partial charge in [-0.15, -0.1) is 0 Å². The molecule has 2 heterocycles. The Morgan fingerprint density at radius 2 is 1.76 bits per heavy atom. The van der Waals surface area contributed by atoms with Gasteiger partial charge in [0.15, 0.2) is 5.78 Å². The summed E-state index contributed by atoms with van der Waals surface area (Å²) in [4.78, 5) is 32.8. The molecule has 0 atom stereocenters. The van der Waals surface area contributed by atoms with E-state index in [4.69, 9.17) is 5.73 Å². The molecule has 3 aromatic rings. The zero-order valence-electron chi connectivity index (χ0n) is 18.4. The zero-order chi connectivity index (χ0) is 23.2. The molecule has 33 heavy (non-hydrogen) atoms. The second-order valence-electron chi connectivity index (χ2n) is 8.14. The van der Waals surface area contributed by atoms with Crippen LogP contribution in [-0.2, 0) is 6.54 Å². The minimum absolute atomic E-state index is 0.0600. The third-order valence-electron chi connectivity index (χ3n) is 5.92. The monoisotopic (exact) mass is 446 g/mol. The molecule has 0 aliphatic carbocycles. The van der Waals surface area contributed by atoms with Crippen molar-refractivity contribution in [2.45, 2.75) is 25.8 Å². The number of Topliss-reactive ketones (excluding diaryl/α,β-unsaturated/α-hetero) is 1. The number of urea groups is 1. The molecule has 0 bridgehead atoms. The minimum atomic E-state index is -0.530. The Morgan fingerprint density at radius 1 is 1.00 bits per heavy atom. The average Bonchev–Trinajstić information content (AvgIpc) is 2.88. The number of nitrogens with zero attached hydrogens (tertiary/aromatic N) is 3. The summed E-state index contributed by atoms with van der Waals surface area (Å²) in [5, 5.41) is 0. The van der Waals surface area contributed by atoms with Crippen LogP contribution in [-0.4, -0.2) is 41.3 Å². The number of hydrogen-bond acceptors (Lipinski definition) is 4. The van der Waals surface area contributed by atoms with Crippen LogP contribution in [0.15, 0.2) is 67.0 Å². The van der Waals surface area contributed by atoms with Crippen molar-refractivity contribution in [3.63, 3.8) is 0 Å². The van der Waals surface area contributed by atoms with Crippen molar-refractivity contribution in [3.05, 3.63) is 83.9 Å². The van der Waals surface area contributed by atoms with Gasteiger partial charge in [-0.05, 0) is 54.7 Å². The smallest absolute Gasteiger partial charge is 0.324 e. The van der Waals surface area contributed by atoms with Gasteiger partial charge in [-0.1, -0.05) is 30.3 Å². The Labute approximate surface area is 192 Å². The van der Waals surface area contributed by atoms with E-state index < -0.39 is 5.82 Å². The number of benzene rings is 2. The molecular weight excluding hydrogens is 419 g/mol. The number of carbonyl (C=O) groups excluding carboxylic acids is 2. The lowest BCUT2D eigenvalue weighted by Crippen LogP contribution is -2.45. The van der Waals surface area contributed by atoms with Gasteiger partial charge in [0.05, 0.1) is 13.1 Å². The summed E-state index contributed by atoms with van der Waals surface area (Å²) in [6, 6.07) is 15.6. The number of anilines is 1. The van der Waals surface area contributed by atoms with Crippen LogP contribution in [0.5, 0.6) is 0 Å². The van der Waals surface area contributed by atoms with Crippen LogP contribution < -0.4 is 10.6 Å². The molecular formula is C26H27FN4O2. The predicted molar refractivity (Wildman–Crippen MR) is 126 cm³/mol. The fraction of sp³-hybridized carbons (Fsp3) is 0.269. The van der Waals surface area contributed by atoms with Crippen molar-refractivity contribution in [2.24, 2.45) is 5.73 Å². The van der Waals surface area contributed by atoms with E-state index in [9.17, 15) is 14.0 Å². The lowest BCUT2D eigenvalue weighted by Gasteiger charge is -2.33. The molecule has 6 nitrogen and oxygen atoms in total. The van der Waals surface area contributed by atoms with Crippen LogP contribution in [0.25, 0.3) is 11.1 Å². The Bertz CT molecular complexity index is 1110. The van der Waals surface area contributed by atoms with Crippen LogP contribution in [0.2, 0.25) is 0 Å². The van der Waals surface area contributed by atoms with E-state index >= 15 is 0 Å². The van der Waals surface area contributed by atoms with Gasteiger partial charge < -0.3 is 10.6 Å². The maximum Gasteiger partial charge on any atom is 0.324 e. The van der Waals surface area contributed by atoms with Crippen molar-refractivity contribution < 1.29 is 14.0 Å². The Balaban J connectivity index is 1.64. The van der Waals surface area contributed by atoms with Crippen LogP contribution in [0.4, 0.5) is 14.9 Å². The van der Waals surface area contributed by atoms with E-state index in [0.29, 0.717) is 24.3 Å². The average molecular weight is 447 g/mol. The SMILES string of the molecule is NCC(=O)c1ccc(CN(C(=O)N2CCCCC2)c2ccc(-c3cccnc3)cc2)c(F)c1. The van der Waals surface area contributed by atoms with Crippen LogP contribution >= 0.6 is 0 Å². The van der Waals surface area contributed by atoms with Crippen molar-refractivity contribution in [2.75, 3.05) is 24.5 Å². The Morgan fingerprint density at radius 3 is 2.39 bits per heavy atom. The molecule has 1 aliphatic heterocycles. The number of amides is 2. The third-order valence-corrected chi connectivity index (χ3v) is 5.92. The van der Waals surface area contributed by atoms with Crippen LogP contribution in [0.1, 0.15) is 35.2 Å². The molecule has 1 fully saturated rings. The second-order valence-corrected chi connectivity index (χ2v) is 8.14. The lowest BCUT2D eigenvalue weighted by molar-refractivity contribution is 0.100. The van der Waals surface area contributed by atoms with Gasteiger partial charge >= 0.3 is 6.03 Å². The molecule has 2 amide bonds. The molecule has 0 spiro atoms. The number of pyridine rings is 1. The van der Waals surface area contributed by atoms with Crippen molar-refractivity contribution >= 4 is 17.5 Å². The number of likely N-dealkylation sites (tertiary alicyclic amines) is 1. The van der Waals surface area contributed by atoms with Gasteiger partial charge in [0, 0.05) is 42.3 Å². The highest BCUT2D eigenvalue weighted by Gasteiger charge is 2.25. The second kappa shape index (κ2) is 10.4. The largest absolute Gasteiger partial charge is 0.324 e. The lowest BCUT2D eigenvalue weighted by atomic mass is 10.1. The highest BCUT2D eigenvalue weighted by molar-refractivity contribution is 5.97. The fourth-order valence-electron chi connectivity index (χ4n) is 4.03. The minimum Gasteiger partial charge on any atom is -0.324 e. The molecule has 170 valence electrons. The quantitative estimate of drug-likeness (QED) is 0.560. The number of aromatic nitrogens is 1. The van der Waals surface area contributed by atoms with E-state index in [1.807, 2.05) is 41.3 Å². The van der Waals surface area contributed by atoms with E-state index in [1.54, 1.807) is 29.4 Å². The molecule has 7 heteroatoms. The van der Waals surface area contributed by atoms with E-state index in [0.717, 1.165) is 30.4 Å². The molecule has 2 N–H and O–H groups in total. The van der Waals surface area contributed by atoms with Crippen LogP contribution in [0.3, 0.4) is 0 Å². The number of hydrogen-bond donors (Lipinski definition) is 1. The summed E-state index contributed by atoms with van der Waals surface area (Å²) in [5.74, 6) is -0.856. The van der Waals surface area contributed by atoms with Crippen molar-refractivity contribution in [1.29, 1.82) is 0 Å². The Hall–Kier alpha value is -3.58. The number of ketones is 1. The maximum atomic E-state index is 14.9. The van der Waals surface area contributed by atoms with Gasteiger partial charge in [0.2, 0.25) is 0 Å². The number of piperidine rings is 1. The summed E-state index contributed by atoms with van der Waals surface area (Å²) in [6.07, 6.45) is 6.53. The molecule has 0 saturated carbocycles. The fourth-order valence-corrected chi connectivity index (χ4v) is 4.03. The first-order chi connectivity index (χ1) is 16.1. The first-order valence-electron chi connectivity index (χ1n) is 11.2. The standard InChI is InChI=1S/C26H27FN4O2/c27-24-15-20(25(32)16-28)6-7-22(24)18-31(26(33)30-13-2-1-3-14-30)23-10-8-19(9-11-23)21-5-4-12-29-17-21/h4-12,15,17H,1-3,13-14,16,18,28H2. The van der Waals surface area contributed by atoms with Crippen molar-refractivity contribution in [1.82, 2.24) is 9.88 Å². The number of nitrogens with two attached hydrogens (primary N) is 1. The molecule has 4 rings (SSSR count). The summed E-state index contributed by atoms with van der Waals surface area (Å²) in [5.41, 5.74) is 8.60. The van der Waals surface area contributed by atoms with E-state index in [-0.39, 0.29) is 30.5 Å². The van der Waals surface area contributed by atoms with Crippen molar-refractivity contribution in [3.8, 4) is 11.1 Å². The van der Waals surface area contributed by atoms with E-state index in [2.05, 4.69) is 4.98 Å². The normalized spacial score (nSPS) is 13.6. The number of carbonyl (C=O) groups is 2. The number of halogens is 1. The molecule has 1 aromatic heterocycles.